The highest BCUT2D eigenvalue weighted by atomic mass is 16.6. The van der Waals surface area contributed by atoms with Crippen LogP contribution >= 0.6 is 0 Å². The van der Waals surface area contributed by atoms with E-state index >= 15 is 0 Å². The molecule has 0 heterocycles. The Balaban J connectivity index is 3.15. The van der Waals surface area contributed by atoms with Gasteiger partial charge in [-0.2, -0.15) is 0 Å². The SMILES string of the molecule is CCc1cc(CCON)cc(C(C)C)c1OC. The zero-order chi connectivity index (χ0) is 12.8. The van der Waals surface area contributed by atoms with Gasteiger partial charge in [-0.25, -0.2) is 5.90 Å². The van der Waals surface area contributed by atoms with Crippen molar-refractivity contribution in [3.05, 3.63) is 28.8 Å². The smallest absolute Gasteiger partial charge is 0.125 e. The molecule has 17 heavy (non-hydrogen) atoms. The van der Waals surface area contributed by atoms with Crippen molar-refractivity contribution in [2.45, 2.75) is 39.5 Å². The molecule has 0 spiro atoms. The molecule has 96 valence electrons. The molecule has 0 atom stereocenters. The van der Waals surface area contributed by atoms with E-state index in [9.17, 15) is 0 Å². The molecule has 0 fully saturated rings. The normalized spacial score (nSPS) is 10.9. The maximum atomic E-state index is 5.53. The van der Waals surface area contributed by atoms with E-state index in [-0.39, 0.29) is 0 Å². The first-order valence-corrected chi connectivity index (χ1v) is 6.15. The molecule has 0 saturated carbocycles. The monoisotopic (exact) mass is 237 g/mol. The van der Waals surface area contributed by atoms with Gasteiger partial charge >= 0.3 is 0 Å². The zero-order valence-corrected chi connectivity index (χ0v) is 11.2. The summed E-state index contributed by atoms with van der Waals surface area (Å²) in [5.41, 5.74) is 3.78. The van der Waals surface area contributed by atoms with Crippen LogP contribution in [0.2, 0.25) is 0 Å². The fourth-order valence-corrected chi connectivity index (χ4v) is 2.04. The van der Waals surface area contributed by atoms with E-state index in [1.54, 1.807) is 7.11 Å². The first-order chi connectivity index (χ1) is 8.13. The molecular weight excluding hydrogens is 214 g/mol. The number of methoxy groups -OCH3 is 1. The van der Waals surface area contributed by atoms with Crippen LogP contribution in [0.5, 0.6) is 5.75 Å². The van der Waals surface area contributed by atoms with Crippen LogP contribution < -0.4 is 10.6 Å². The van der Waals surface area contributed by atoms with Crippen LogP contribution in [0.25, 0.3) is 0 Å². The van der Waals surface area contributed by atoms with Crippen LogP contribution in [0.15, 0.2) is 12.1 Å². The lowest BCUT2D eigenvalue weighted by Crippen LogP contribution is -2.06. The Morgan fingerprint density at radius 1 is 1.29 bits per heavy atom. The van der Waals surface area contributed by atoms with E-state index in [0.717, 1.165) is 18.6 Å². The molecule has 0 radical (unpaired) electrons. The minimum Gasteiger partial charge on any atom is -0.496 e. The molecule has 0 aliphatic heterocycles. The summed E-state index contributed by atoms with van der Waals surface area (Å²) >= 11 is 0. The summed E-state index contributed by atoms with van der Waals surface area (Å²) < 4.78 is 5.53. The summed E-state index contributed by atoms with van der Waals surface area (Å²) in [6.07, 6.45) is 1.81. The van der Waals surface area contributed by atoms with Gasteiger partial charge in [-0.05, 0) is 35.4 Å². The predicted molar refractivity (Wildman–Crippen MR) is 70.3 cm³/mol. The third kappa shape index (κ3) is 3.45. The number of rotatable bonds is 6. The highest BCUT2D eigenvalue weighted by Gasteiger charge is 2.13. The summed E-state index contributed by atoms with van der Waals surface area (Å²) in [7, 11) is 1.74. The molecule has 0 aliphatic rings. The lowest BCUT2D eigenvalue weighted by atomic mass is 9.94. The number of nitrogens with two attached hydrogens (primary N) is 1. The van der Waals surface area contributed by atoms with Gasteiger partial charge in [-0.3, -0.25) is 0 Å². The second-order valence-electron chi connectivity index (χ2n) is 4.51. The number of aryl methyl sites for hydroxylation is 1. The quantitative estimate of drug-likeness (QED) is 0.774. The van der Waals surface area contributed by atoms with Crippen molar-refractivity contribution in [3.63, 3.8) is 0 Å². The fraction of sp³-hybridized carbons (Fsp3) is 0.571. The molecule has 0 aromatic heterocycles. The van der Waals surface area contributed by atoms with E-state index < -0.39 is 0 Å². The molecule has 0 saturated heterocycles. The standard InChI is InChI=1S/C14H23NO2/c1-5-12-8-11(6-7-17-15)9-13(10(2)3)14(12)16-4/h8-10H,5-7,15H2,1-4H3. The van der Waals surface area contributed by atoms with Crippen molar-refractivity contribution in [1.29, 1.82) is 0 Å². The van der Waals surface area contributed by atoms with E-state index in [2.05, 4.69) is 37.7 Å². The van der Waals surface area contributed by atoms with Gasteiger partial charge in [0.2, 0.25) is 0 Å². The van der Waals surface area contributed by atoms with Gasteiger partial charge in [-0.15, -0.1) is 0 Å². The Hall–Kier alpha value is -1.06. The molecule has 1 aromatic carbocycles. The maximum Gasteiger partial charge on any atom is 0.125 e. The van der Waals surface area contributed by atoms with Crippen molar-refractivity contribution in [1.82, 2.24) is 0 Å². The molecule has 0 aliphatic carbocycles. The number of benzene rings is 1. The van der Waals surface area contributed by atoms with Gasteiger partial charge in [0.25, 0.3) is 0 Å². The average Bonchev–Trinajstić information content (AvgIpc) is 2.34. The summed E-state index contributed by atoms with van der Waals surface area (Å²) in [4.78, 5) is 4.64. The molecule has 2 N–H and O–H groups in total. The predicted octanol–water partition coefficient (Wildman–Crippen LogP) is 2.81. The highest BCUT2D eigenvalue weighted by molar-refractivity contribution is 5.46. The summed E-state index contributed by atoms with van der Waals surface area (Å²) in [5, 5.41) is 0. The van der Waals surface area contributed by atoms with Crippen molar-refractivity contribution in [2.24, 2.45) is 5.90 Å². The maximum absolute atomic E-state index is 5.53. The largest absolute Gasteiger partial charge is 0.496 e. The number of hydrogen-bond donors (Lipinski definition) is 1. The van der Waals surface area contributed by atoms with Crippen molar-refractivity contribution in [2.75, 3.05) is 13.7 Å². The Labute approximate surface area is 104 Å². The molecule has 1 rings (SSSR count). The third-order valence-corrected chi connectivity index (χ3v) is 2.97. The van der Waals surface area contributed by atoms with E-state index in [1.807, 2.05) is 0 Å². The zero-order valence-electron chi connectivity index (χ0n) is 11.2. The average molecular weight is 237 g/mol. The van der Waals surface area contributed by atoms with Gasteiger partial charge in [-0.1, -0.05) is 32.9 Å². The van der Waals surface area contributed by atoms with Crippen LogP contribution in [-0.4, -0.2) is 13.7 Å². The van der Waals surface area contributed by atoms with Crippen molar-refractivity contribution < 1.29 is 9.57 Å². The lowest BCUT2D eigenvalue weighted by molar-refractivity contribution is 0.141. The Morgan fingerprint density at radius 2 is 2.00 bits per heavy atom. The fourth-order valence-electron chi connectivity index (χ4n) is 2.04. The second kappa shape index (κ2) is 6.62. The van der Waals surface area contributed by atoms with E-state index in [1.165, 1.54) is 16.7 Å². The third-order valence-electron chi connectivity index (χ3n) is 2.97. The van der Waals surface area contributed by atoms with Crippen molar-refractivity contribution in [3.8, 4) is 5.75 Å². The van der Waals surface area contributed by atoms with Gasteiger partial charge in [0.1, 0.15) is 5.75 Å². The lowest BCUT2D eigenvalue weighted by Gasteiger charge is -2.17. The molecule has 0 bridgehead atoms. The van der Waals surface area contributed by atoms with Crippen molar-refractivity contribution >= 4 is 0 Å². The van der Waals surface area contributed by atoms with Gasteiger partial charge in [0.15, 0.2) is 0 Å². The van der Waals surface area contributed by atoms with E-state index in [0.29, 0.717) is 12.5 Å². The molecule has 0 amide bonds. The molecule has 3 nitrogen and oxygen atoms in total. The minimum atomic E-state index is 0.453. The van der Waals surface area contributed by atoms with Crippen LogP contribution in [-0.2, 0) is 17.7 Å². The Bertz CT molecular complexity index is 361. The highest BCUT2D eigenvalue weighted by Crippen LogP contribution is 2.32. The first kappa shape index (κ1) is 14.0. The molecule has 3 heteroatoms. The Kier molecular flexibility index (Phi) is 5.45. The summed E-state index contributed by atoms with van der Waals surface area (Å²) in [6, 6.07) is 4.38. The Morgan fingerprint density at radius 3 is 2.47 bits per heavy atom. The summed E-state index contributed by atoms with van der Waals surface area (Å²) in [6.45, 7) is 7.05. The molecule has 1 aromatic rings. The molecular formula is C14H23NO2. The minimum absolute atomic E-state index is 0.453. The number of ether oxygens (including phenoxy) is 1. The first-order valence-electron chi connectivity index (χ1n) is 6.15. The van der Waals surface area contributed by atoms with Crippen LogP contribution in [0, 0.1) is 0 Å². The van der Waals surface area contributed by atoms with Gasteiger partial charge < -0.3 is 9.57 Å². The van der Waals surface area contributed by atoms with Crippen LogP contribution in [0.3, 0.4) is 0 Å². The van der Waals surface area contributed by atoms with Crippen LogP contribution in [0.1, 0.15) is 43.4 Å². The van der Waals surface area contributed by atoms with Gasteiger partial charge in [0, 0.05) is 0 Å². The number of hydrogen-bond acceptors (Lipinski definition) is 3. The molecule has 0 unspecified atom stereocenters. The van der Waals surface area contributed by atoms with E-state index in [4.69, 9.17) is 10.6 Å². The topological polar surface area (TPSA) is 44.5 Å². The second-order valence-corrected chi connectivity index (χ2v) is 4.51. The summed E-state index contributed by atoms with van der Waals surface area (Å²) in [5.74, 6) is 6.56. The van der Waals surface area contributed by atoms with Crippen LogP contribution in [0.4, 0.5) is 0 Å². The van der Waals surface area contributed by atoms with Gasteiger partial charge in [0.05, 0.1) is 13.7 Å².